The molecule has 2 aromatic heterocycles. The molecule has 0 fully saturated rings. The topological polar surface area (TPSA) is 64.9 Å². The summed E-state index contributed by atoms with van der Waals surface area (Å²) in [6, 6.07) is 9.07. The number of para-hydroxylation sites is 2. The van der Waals surface area contributed by atoms with Crippen LogP contribution in [0.3, 0.4) is 0 Å². The summed E-state index contributed by atoms with van der Waals surface area (Å²) in [7, 11) is 0. The van der Waals surface area contributed by atoms with E-state index in [4.69, 9.17) is 10.2 Å². The third kappa shape index (κ3) is 1.91. The van der Waals surface area contributed by atoms with Gasteiger partial charge in [-0.15, -0.1) is 0 Å². The molecule has 0 bridgehead atoms. The molecule has 0 saturated carbocycles. The minimum atomic E-state index is -0.425. The molecule has 1 atom stereocenters. The molecule has 2 N–H and O–H groups in total. The summed E-state index contributed by atoms with van der Waals surface area (Å²) in [5.41, 5.74) is 8.49. The Morgan fingerprint density at radius 3 is 2.67 bits per heavy atom. The fourth-order valence-corrected chi connectivity index (χ4v) is 2.23. The second kappa shape index (κ2) is 4.51. The summed E-state index contributed by atoms with van der Waals surface area (Å²) < 4.78 is 6.19. The number of hydrogen-bond donors (Lipinski definition) is 1. The third-order valence-electron chi connectivity index (χ3n) is 2.71. The maximum Gasteiger partial charge on any atom is 0.140 e. The Morgan fingerprint density at radius 2 is 1.94 bits per heavy atom. The van der Waals surface area contributed by atoms with Gasteiger partial charge in [-0.3, -0.25) is 4.98 Å². The van der Waals surface area contributed by atoms with Crippen LogP contribution in [0.15, 0.2) is 51.7 Å². The highest BCUT2D eigenvalue weighted by molar-refractivity contribution is 9.10. The van der Waals surface area contributed by atoms with Crippen LogP contribution in [-0.2, 0) is 0 Å². The van der Waals surface area contributed by atoms with E-state index in [9.17, 15) is 0 Å². The summed E-state index contributed by atoms with van der Waals surface area (Å²) in [6.07, 6.45) is 3.27. The summed E-state index contributed by atoms with van der Waals surface area (Å²) in [5.74, 6) is 0.652. The molecule has 2 heterocycles. The molecule has 18 heavy (non-hydrogen) atoms. The van der Waals surface area contributed by atoms with Crippen LogP contribution < -0.4 is 5.73 Å². The smallest absolute Gasteiger partial charge is 0.140 e. The van der Waals surface area contributed by atoms with E-state index in [1.807, 2.05) is 30.3 Å². The molecule has 90 valence electrons. The van der Waals surface area contributed by atoms with Crippen molar-refractivity contribution in [2.45, 2.75) is 6.04 Å². The van der Waals surface area contributed by atoms with Crippen molar-refractivity contribution in [1.82, 2.24) is 9.97 Å². The molecule has 5 heteroatoms. The van der Waals surface area contributed by atoms with Crippen LogP contribution in [0.1, 0.15) is 17.5 Å². The fourth-order valence-electron chi connectivity index (χ4n) is 1.78. The maximum atomic E-state index is 6.13. The first-order chi connectivity index (χ1) is 8.75. The Morgan fingerprint density at radius 1 is 1.17 bits per heavy atom. The summed E-state index contributed by atoms with van der Waals surface area (Å²) in [4.78, 5) is 8.85. The highest BCUT2D eigenvalue weighted by Crippen LogP contribution is 2.27. The zero-order valence-electron chi connectivity index (χ0n) is 9.38. The molecule has 3 rings (SSSR count). The molecule has 1 unspecified atom stereocenters. The number of rotatable bonds is 2. The van der Waals surface area contributed by atoms with Gasteiger partial charge < -0.3 is 10.2 Å². The van der Waals surface area contributed by atoms with Gasteiger partial charge in [-0.2, -0.15) is 0 Å². The number of fused-ring (bicyclic) bond motifs is 1. The largest absolute Gasteiger partial charge is 0.466 e. The van der Waals surface area contributed by atoms with E-state index in [2.05, 4.69) is 25.9 Å². The van der Waals surface area contributed by atoms with Crippen LogP contribution in [0, 0.1) is 0 Å². The van der Waals surface area contributed by atoms with Crippen LogP contribution in [0.5, 0.6) is 0 Å². The summed E-state index contributed by atoms with van der Waals surface area (Å²) in [6.45, 7) is 0. The number of furan rings is 1. The van der Waals surface area contributed by atoms with Crippen molar-refractivity contribution in [3.8, 4) is 0 Å². The van der Waals surface area contributed by atoms with Crippen molar-refractivity contribution in [2.75, 3.05) is 0 Å². The number of nitrogens with zero attached hydrogens (tertiary/aromatic N) is 2. The lowest BCUT2D eigenvalue weighted by atomic mass is 10.1. The predicted octanol–water partition coefficient (Wildman–Crippen LogP) is 3.03. The number of benzene rings is 1. The molecule has 0 aliphatic heterocycles. The average molecular weight is 304 g/mol. The minimum Gasteiger partial charge on any atom is -0.466 e. The van der Waals surface area contributed by atoms with Gasteiger partial charge in [0.25, 0.3) is 0 Å². The second-order valence-corrected chi connectivity index (χ2v) is 4.75. The van der Waals surface area contributed by atoms with Crippen molar-refractivity contribution in [1.29, 1.82) is 0 Å². The van der Waals surface area contributed by atoms with Gasteiger partial charge in [-0.1, -0.05) is 12.1 Å². The van der Waals surface area contributed by atoms with Crippen molar-refractivity contribution in [2.24, 2.45) is 5.73 Å². The zero-order chi connectivity index (χ0) is 12.5. The molecule has 1 aromatic carbocycles. The second-order valence-electron chi connectivity index (χ2n) is 3.89. The van der Waals surface area contributed by atoms with E-state index in [-0.39, 0.29) is 0 Å². The number of halogens is 1. The molecule has 0 saturated heterocycles. The summed E-state index contributed by atoms with van der Waals surface area (Å²) in [5, 5.41) is 0. The number of hydrogen-bond acceptors (Lipinski definition) is 4. The van der Waals surface area contributed by atoms with Gasteiger partial charge in [-0.25, -0.2) is 4.98 Å². The molecule has 0 spiro atoms. The molecular formula is C13H10BrN3O. The van der Waals surface area contributed by atoms with Gasteiger partial charge in [-0.05, 0) is 34.1 Å². The SMILES string of the molecule is NC(c1cnc2ccccc2n1)c1occc1Br. The number of nitrogens with two attached hydrogens (primary N) is 1. The van der Waals surface area contributed by atoms with Gasteiger partial charge in [0.1, 0.15) is 11.8 Å². The van der Waals surface area contributed by atoms with Crippen molar-refractivity contribution in [3.63, 3.8) is 0 Å². The molecule has 3 aromatic rings. The number of aromatic nitrogens is 2. The van der Waals surface area contributed by atoms with E-state index >= 15 is 0 Å². The van der Waals surface area contributed by atoms with Gasteiger partial charge >= 0.3 is 0 Å². The fraction of sp³-hybridized carbons (Fsp3) is 0.0769. The zero-order valence-corrected chi connectivity index (χ0v) is 11.0. The first-order valence-corrected chi connectivity index (χ1v) is 6.25. The monoisotopic (exact) mass is 303 g/mol. The van der Waals surface area contributed by atoms with E-state index in [0.29, 0.717) is 11.5 Å². The minimum absolute atomic E-state index is 0.425. The highest BCUT2D eigenvalue weighted by atomic mass is 79.9. The third-order valence-corrected chi connectivity index (χ3v) is 3.37. The van der Waals surface area contributed by atoms with Crippen LogP contribution in [0.25, 0.3) is 11.0 Å². The highest BCUT2D eigenvalue weighted by Gasteiger charge is 2.17. The van der Waals surface area contributed by atoms with Crippen LogP contribution >= 0.6 is 15.9 Å². The standard InChI is InChI=1S/C13H10BrN3O/c14-8-5-6-18-13(8)12(15)11-7-16-9-3-1-2-4-10(9)17-11/h1-7,12H,15H2. The normalized spacial score (nSPS) is 12.8. The van der Waals surface area contributed by atoms with Gasteiger partial charge in [0, 0.05) is 0 Å². The van der Waals surface area contributed by atoms with Gasteiger partial charge in [0.2, 0.25) is 0 Å². The van der Waals surface area contributed by atoms with Gasteiger partial charge in [0.15, 0.2) is 0 Å². The predicted molar refractivity (Wildman–Crippen MR) is 72.0 cm³/mol. The first-order valence-electron chi connectivity index (χ1n) is 5.46. The van der Waals surface area contributed by atoms with Crippen molar-refractivity contribution >= 4 is 27.0 Å². The molecular weight excluding hydrogens is 294 g/mol. The average Bonchev–Trinajstić information content (AvgIpc) is 2.83. The van der Waals surface area contributed by atoms with Crippen LogP contribution in [-0.4, -0.2) is 9.97 Å². The molecule has 4 nitrogen and oxygen atoms in total. The Kier molecular flexibility index (Phi) is 2.85. The van der Waals surface area contributed by atoms with Crippen molar-refractivity contribution < 1.29 is 4.42 Å². The van der Waals surface area contributed by atoms with E-state index < -0.39 is 6.04 Å². The van der Waals surface area contributed by atoms with Crippen LogP contribution in [0.4, 0.5) is 0 Å². The Labute approximate surface area is 112 Å². The Hall–Kier alpha value is -1.72. The van der Waals surface area contributed by atoms with E-state index in [1.54, 1.807) is 12.5 Å². The molecule has 0 aliphatic rings. The lowest BCUT2D eigenvalue weighted by Gasteiger charge is -2.09. The maximum absolute atomic E-state index is 6.13. The van der Waals surface area contributed by atoms with E-state index in [1.165, 1.54) is 0 Å². The Balaban J connectivity index is 2.07. The molecule has 0 amide bonds. The lowest BCUT2D eigenvalue weighted by molar-refractivity contribution is 0.484. The van der Waals surface area contributed by atoms with Crippen LogP contribution in [0.2, 0.25) is 0 Å². The molecule has 0 radical (unpaired) electrons. The molecule has 0 aliphatic carbocycles. The Bertz CT molecular complexity index is 695. The lowest BCUT2D eigenvalue weighted by Crippen LogP contribution is -2.13. The van der Waals surface area contributed by atoms with Crippen molar-refractivity contribution in [3.05, 3.63) is 58.7 Å². The quantitative estimate of drug-likeness (QED) is 0.790. The first kappa shape index (κ1) is 11.4. The van der Waals surface area contributed by atoms with E-state index in [0.717, 1.165) is 15.5 Å². The van der Waals surface area contributed by atoms with Gasteiger partial charge in [0.05, 0.1) is 33.7 Å². The summed E-state index contributed by atoms with van der Waals surface area (Å²) >= 11 is 3.39.